The first kappa shape index (κ1) is 69.9. The molecule has 12 amide bonds. The maximum absolute atomic E-state index is 14.5. The van der Waals surface area contributed by atoms with Crippen molar-refractivity contribution in [2.24, 2.45) is 17.6 Å². The van der Waals surface area contributed by atoms with Crippen LogP contribution >= 0.6 is 0 Å². The van der Waals surface area contributed by atoms with E-state index in [4.69, 9.17) is 5.73 Å². The van der Waals surface area contributed by atoms with Crippen LogP contribution in [0, 0.1) is 11.8 Å². The molecular weight excluding hydrogens is 1110 g/mol. The summed E-state index contributed by atoms with van der Waals surface area (Å²) in [7, 11) is 0. The number of amides is 12. The van der Waals surface area contributed by atoms with Gasteiger partial charge in [0.25, 0.3) is 11.8 Å². The molecule has 4 rings (SSSR count). The Kier molecular flexibility index (Phi) is 28.3. The fourth-order valence-electron chi connectivity index (χ4n) is 10.2. The molecule has 28 heteroatoms. The van der Waals surface area contributed by atoms with Crippen LogP contribution in [0.2, 0.25) is 0 Å². The first-order valence-electron chi connectivity index (χ1n) is 29.3. The molecule has 85 heavy (non-hydrogen) atoms. The lowest BCUT2D eigenvalue weighted by Gasteiger charge is -2.33. The molecule has 0 aromatic heterocycles. The van der Waals surface area contributed by atoms with Gasteiger partial charge in [-0.25, -0.2) is 0 Å². The monoisotopic (exact) mass is 1200 g/mol. The zero-order valence-corrected chi connectivity index (χ0v) is 49.4. The van der Waals surface area contributed by atoms with E-state index in [9.17, 15) is 78.0 Å². The number of rotatable bonds is 16. The lowest BCUT2D eigenvalue weighted by molar-refractivity contribution is -0.144. The third kappa shape index (κ3) is 20.6. The lowest BCUT2D eigenvalue weighted by Crippen LogP contribution is -2.61. The van der Waals surface area contributed by atoms with Gasteiger partial charge in [-0.15, -0.1) is 0 Å². The Bertz CT molecular complexity index is 2550. The van der Waals surface area contributed by atoms with E-state index in [0.717, 1.165) is 18.9 Å². The molecule has 0 bridgehead atoms. The Labute approximate surface area is 494 Å². The van der Waals surface area contributed by atoms with E-state index in [1.165, 1.54) is 16.7 Å². The van der Waals surface area contributed by atoms with Gasteiger partial charge in [-0.1, -0.05) is 96.7 Å². The molecule has 3 unspecified atom stereocenters. The molecule has 3 fully saturated rings. The molecule has 0 aliphatic carbocycles. The predicted octanol–water partition coefficient (Wildman–Crippen LogP) is -3.60. The summed E-state index contributed by atoms with van der Waals surface area (Å²) in [4.78, 5) is 169. The topological polar surface area (TPSA) is 427 Å². The van der Waals surface area contributed by atoms with Gasteiger partial charge in [-0.2, -0.15) is 0 Å². The van der Waals surface area contributed by atoms with Crippen LogP contribution in [0.1, 0.15) is 124 Å². The quantitative estimate of drug-likeness (QED) is 0.0562. The molecule has 0 spiro atoms. The average Bonchev–Trinajstić information content (AvgIpc) is 3.52. The second kappa shape index (κ2) is 34.4. The third-order valence-corrected chi connectivity index (χ3v) is 15.4. The van der Waals surface area contributed by atoms with Crippen LogP contribution in [0.3, 0.4) is 0 Å². The largest absolute Gasteiger partial charge is 0.394 e. The number of nitrogens with one attached hydrogen (secondary N) is 9. The highest BCUT2D eigenvalue weighted by molar-refractivity contribution is 6.03. The summed E-state index contributed by atoms with van der Waals surface area (Å²) in [6.07, 6.45) is -0.123. The van der Waals surface area contributed by atoms with Crippen molar-refractivity contribution in [3.8, 4) is 0 Å². The van der Waals surface area contributed by atoms with E-state index in [1.54, 1.807) is 58.0 Å². The number of allylic oxidation sites excluding steroid dienone is 1. The first-order valence-corrected chi connectivity index (χ1v) is 29.3. The average molecular weight is 1200 g/mol. The third-order valence-electron chi connectivity index (χ3n) is 15.4. The van der Waals surface area contributed by atoms with Crippen LogP contribution in [-0.4, -0.2) is 201 Å². The van der Waals surface area contributed by atoms with Crippen molar-refractivity contribution in [2.45, 2.75) is 192 Å². The summed E-state index contributed by atoms with van der Waals surface area (Å²) in [6.45, 7) is 7.14. The molecular formula is C57H88N12O16. The number of primary amides is 1. The number of aliphatic hydroxyl groups excluding tert-OH is 4. The van der Waals surface area contributed by atoms with Crippen molar-refractivity contribution >= 4 is 70.9 Å². The van der Waals surface area contributed by atoms with Crippen LogP contribution < -0.4 is 53.6 Å². The highest BCUT2D eigenvalue weighted by Gasteiger charge is 2.43. The van der Waals surface area contributed by atoms with Gasteiger partial charge in [0.1, 0.15) is 54.0 Å². The normalized spacial score (nSPS) is 27.6. The summed E-state index contributed by atoms with van der Waals surface area (Å²) >= 11 is 0. The van der Waals surface area contributed by atoms with Crippen molar-refractivity contribution in [1.82, 2.24) is 57.7 Å². The summed E-state index contributed by atoms with van der Waals surface area (Å²) < 4.78 is 0. The van der Waals surface area contributed by atoms with Gasteiger partial charge < -0.3 is 83.8 Å². The lowest BCUT2D eigenvalue weighted by atomic mass is 9.96. The number of carbonyl (C=O) groups excluding carboxylic acids is 12. The van der Waals surface area contributed by atoms with Gasteiger partial charge >= 0.3 is 0 Å². The fraction of sp³-hybridized carbons (Fsp3) is 0.649. The van der Waals surface area contributed by atoms with Gasteiger partial charge in [0.2, 0.25) is 59.1 Å². The van der Waals surface area contributed by atoms with Crippen LogP contribution in [0.25, 0.3) is 0 Å². The minimum atomic E-state index is -2.17. The molecule has 15 N–H and O–H groups in total. The number of unbranched alkanes of at least 4 members (excludes halogenated alkanes) is 2. The second-order valence-corrected chi connectivity index (χ2v) is 22.2. The molecule has 12 atom stereocenters. The number of hydrogen-bond donors (Lipinski definition) is 14. The van der Waals surface area contributed by atoms with Crippen LogP contribution in [-0.2, 0) is 64.0 Å². The Balaban J connectivity index is 1.76. The van der Waals surface area contributed by atoms with Crippen molar-refractivity contribution in [3.05, 3.63) is 47.7 Å². The number of carbonyl (C=O) groups is 12. The number of nitrogens with zero attached hydrogens (tertiary/aromatic N) is 2. The van der Waals surface area contributed by atoms with Crippen LogP contribution in [0.4, 0.5) is 0 Å². The van der Waals surface area contributed by atoms with E-state index >= 15 is 0 Å². The van der Waals surface area contributed by atoms with E-state index < -0.39 is 188 Å². The van der Waals surface area contributed by atoms with Crippen molar-refractivity contribution < 1.29 is 78.0 Å². The first-order chi connectivity index (χ1) is 40.4. The Morgan fingerprint density at radius 1 is 0.682 bits per heavy atom. The summed E-state index contributed by atoms with van der Waals surface area (Å²) in [5.41, 5.74) is 5.53. The molecule has 1 aromatic rings. The molecule has 3 heterocycles. The number of hydrogen-bond acceptors (Lipinski definition) is 16. The molecule has 28 nitrogen and oxygen atoms in total. The molecule has 0 radical (unpaired) electrons. The number of benzene rings is 1. The zero-order chi connectivity index (χ0) is 63.1. The maximum atomic E-state index is 14.5. The zero-order valence-electron chi connectivity index (χ0n) is 49.4. The van der Waals surface area contributed by atoms with Gasteiger partial charge in [-0.05, 0) is 69.3 Å². The number of aliphatic hydroxyl groups is 4. The van der Waals surface area contributed by atoms with Gasteiger partial charge in [-0.3, -0.25) is 57.5 Å². The minimum Gasteiger partial charge on any atom is -0.394 e. The molecule has 1 aromatic carbocycles. The van der Waals surface area contributed by atoms with E-state index in [0.29, 0.717) is 31.2 Å². The Morgan fingerprint density at radius 2 is 1.26 bits per heavy atom. The van der Waals surface area contributed by atoms with E-state index in [1.807, 2.05) is 6.92 Å². The van der Waals surface area contributed by atoms with Gasteiger partial charge in [0.05, 0.1) is 31.9 Å². The summed E-state index contributed by atoms with van der Waals surface area (Å²) in [5, 5.41) is 66.0. The van der Waals surface area contributed by atoms with Crippen molar-refractivity contribution in [1.29, 1.82) is 0 Å². The van der Waals surface area contributed by atoms with E-state index in [-0.39, 0.29) is 45.2 Å². The highest BCUT2D eigenvalue weighted by Crippen LogP contribution is 2.24. The molecule has 3 aliphatic rings. The predicted molar refractivity (Wildman–Crippen MR) is 306 cm³/mol. The number of nitrogens with two attached hydrogens (primary N) is 1. The Hall–Kier alpha value is -7.56. The standard InChI is InChI=1S/C57H88N12O16/c1-7-10-12-19-34(72)27-37-47(75)56(84)61-36(22-23-43(58)73)48(76)59-28-44(74)68-24-15-20-41(68)53(81)63-38(26-33-17-13-11-14-18-33)50(78)66-45(31(4)5)55(83)65-39(29-70)51(79)60-35(9-3)49(77)64-40(30-71)52(80)67-46(32(6)8-2)57(85)69-25-16-21-42(69)54(82)62-37/h9,11,13-14,17-18,31-32,34,36-42,45-47,70-72,75H,7-8,10,12,15-16,19-30H2,1-6H3,(H2,58,73)(H,59,76)(H,60,79)(H,61,84)(H,62,82)(H,63,81)(H,64,77)(H,65,83)(H,66,78)(H,67,80)/t32-,34?,36+,37?,38-,39-,40-,41-,42-,45+,46+,47?/m0/s1. The van der Waals surface area contributed by atoms with Gasteiger partial charge in [0.15, 0.2) is 6.10 Å². The maximum Gasteiger partial charge on any atom is 0.268 e. The molecule has 3 saturated heterocycles. The Morgan fingerprint density at radius 3 is 1.86 bits per heavy atom. The molecule has 472 valence electrons. The van der Waals surface area contributed by atoms with E-state index in [2.05, 4.69) is 47.9 Å². The number of fused-ring (bicyclic) bond motifs is 2. The minimum absolute atomic E-state index is 0.0135. The van der Waals surface area contributed by atoms with Crippen LogP contribution in [0.15, 0.2) is 42.1 Å². The van der Waals surface area contributed by atoms with Crippen LogP contribution in [0.5, 0.6) is 0 Å². The SMILES string of the molecule is CC=C1NC(=O)[C@H](CO)NC(=O)[C@@H](C(C)C)NC(=O)[C@H](Cc2ccccc2)NC(=O)[C@@H]2CCCN2C(=O)CNC(=O)[C@@H](CCC(N)=O)NC(=O)C(O)C(CC(O)CCCCC)NC(=O)[C@@H]2CCCN2C(=O)[C@@H]([C@@H](C)CC)NC(=O)[C@H](CO)NC1=O. The molecule has 0 saturated carbocycles. The smallest absolute Gasteiger partial charge is 0.268 e. The highest BCUT2D eigenvalue weighted by atomic mass is 16.3. The summed E-state index contributed by atoms with van der Waals surface area (Å²) in [6, 6.07) is -4.65. The van der Waals surface area contributed by atoms with Gasteiger partial charge in [0, 0.05) is 25.9 Å². The second-order valence-electron chi connectivity index (χ2n) is 22.2. The summed E-state index contributed by atoms with van der Waals surface area (Å²) in [5.74, 6) is -12.5. The fourth-order valence-corrected chi connectivity index (χ4v) is 10.2. The van der Waals surface area contributed by atoms with Crippen molar-refractivity contribution in [2.75, 3.05) is 32.8 Å². The van der Waals surface area contributed by atoms with Crippen molar-refractivity contribution in [3.63, 3.8) is 0 Å². The molecule has 3 aliphatic heterocycles.